The van der Waals surface area contributed by atoms with Crippen molar-refractivity contribution in [1.82, 2.24) is 10.1 Å². The summed E-state index contributed by atoms with van der Waals surface area (Å²) in [6.45, 7) is 0. The van der Waals surface area contributed by atoms with Crippen LogP contribution in [0.25, 0.3) is 21.5 Å². The van der Waals surface area contributed by atoms with Crippen molar-refractivity contribution < 1.29 is 9.58 Å². The zero-order valence-corrected chi connectivity index (χ0v) is 9.29. The van der Waals surface area contributed by atoms with Crippen LogP contribution in [0.1, 0.15) is 0 Å². The summed E-state index contributed by atoms with van der Waals surface area (Å²) < 4.78 is 0.570. The summed E-state index contributed by atoms with van der Waals surface area (Å²) in [6, 6.07) is 5.02. The second-order valence-electron chi connectivity index (χ2n) is 3.40. The topological polar surface area (TPSA) is 79.7 Å². The first-order valence-corrected chi connectivity index (χ1v) is 5.64. The highest BCUT2D eigenvalue weighted by molar-refractivity contribution is 7.13. The summed E-state index contributed by atoms with van der Waals surface area (Å²) in [6.07, 6.45) is 2.66. The monoisotopic (exact) mass is 246 g/mol. The molecule has 0 aliphatic rings. The quantitative estimate of drug-likeness (QED) is 0.466. The number of hydrogen-bond acceptors (Lipinski definition) is 5. The molecule has 0 atom stereocenters. The Bertz CT molecular complexity index is 684. The van der Waals surface area contributed by atoms with Crippen molar-refractivity contribution in [2.75, 3.05) is 0 Å². The molecule has 0 fully saturated rings. The fraction of sp³-hybridized carbons (Fsp3) is 0. The molecule has 0 unspecified atom stereocenters. The Balaban J connectivity index is 2.29. The molecule has 0 radical (unpaired) electrons. The van der Waals surface area contributed by atoms with Gasteiger partial charge in [0.05, 0.1) is 15.2 Å². The molecular weight excluding hydrogens is 240 g/mol. The first-order valence-electron chi connectivity index (χ1n) is 4.76. The van der Waals surface area contributed by atoms with Gasteiger partial charge in [-0.2, -0.15) is 0 Å². The number of benzene rings is 1. The maximum Gasteiger partial charge on any atom is 0.365 e. The van der Waals surface area contributed by atoms with Crippen molar-refractivity contribution in [2.45, 2.75) is 0 Å². The van der Waals surface area contributed by atoms with E-state index in [4.69, 9.17) is 0 Å². The highest BCUT2D eigenvalue weighted by Gasteiger charge is 2.14. The number of fused-ring (bicyclic) bond motifs is 1. The molecule has 2 aromatic heterocycles. The average molecular weight is 246 g/mol. The van der Waals surface area contributed by atoms with E-state index >= 15 is 0 Å². The van der Waals surface area contributed by atoms with Gasteiger partial charge in [0.25, 0.3) is 0 Å². The molecule has 1 aromatic carbocycles. The van der Waals surface area contributed by atoms with Crippen LogP contribution in [0.3, 0.4) is 0 Å². The van der Waals surface area contributed by atoms with Gasteiger partial charge in [0.1, 0.15) is 0 Å². The number of aromatic nitrogens is 4. The lowest BCUT2D eigenvalue weighted by Gasteiger charge is -2.03. The summed E-state index contributed by atoms with van der Waals surface area (Å²) in [4.78, 5) is 5.35. The summed E-state index contributed by atoms with van der Waals surface area (Å²) >= 11 is 1.47. The van der Waals surface area contributed by atoms with Gasteiger partial charge in [-0.25, -0.2) is 4.73 Å². The molecule has 17 heavy (non-hydrogen) atoms. The van der Waals surface area contributed by atoms with Gasteiger partial charge >= 0.3 is 11.8 Å². The van der Waals surface area contributed by atoms with Crippen LogP contribution in [-0.4, -0.2) is 10.1 Å². The molecule has 3 rings (SSSR count). The maximum absolute atomic E-state index is 11.5. The minimum Gasteiger partial charge on any atom is -0.710 e. The van der Waals surface area contributed by atoms with E-state index in [0.29, 0.717) is 15.1 Å². The van der Waals surface area contributed by atoms with Crippen LogP contribution >= 0.6 is 11.3 Å². The third-order valence-electron chi connectivity index (χ3n) is 2.40. The van der Waals surface area contributed by atoms with E-state index in [1.165, 1.54) is 11.3 Å². The zero-order chi connectivity index (χ0) is 11.8. The van der Waals surface area contributed by atoms with Gasteiger partial charge in [-0.05, 0) is 12.1 Å². The van der Waals surface area contributed by atoms with Crippen LogP contribution in [0.5, 0.6) is 0 Å². The minimum absolute atomic E-state index is 0.244. The summed E-state index contributed by atoms with van der Waals surface area (Å²) in [5.74, 6) is 0. The fourth-order valence-electron chi connectivity index (χ4n) is 1.59. The number of hydrogen-bond donors (Lipinski definition) is 0. The molecule has 2 heterocycles. The first kappa shape index (κ1) is 9.91. The third kappa shape index (κ3) is 1.56. The van der Waals surface area contributed by atoms with Crippen LogP contribution in [0.2, 0.25) is 0 Å². The molecule has 0 bridgehead atoms. The highest BCUT2D eigenvalue weighted by atomic mass is 32.1. The van der Waals surface area contributed by atoms with Crippen LogP contribution in [-0.2, 0) is 0 Å². The van der Waals surface area contributed by atoms with E-state index < -0.39 is 0 Å². The van der Waals surface area contributed by atoms with Gasteiger partial charge < -0.3 is 10.4 Å². The van der Waals surface area contributed by atoms with Crippen molar-refractivity contribution in [3.8, 4) is 10.4 Å². The van der Waals surface area contributed by atoms with Crippen LogP contribution in [0, 0.1) is 10.4 Å². The molecule has 0 saturated heterocycles. The molecule has 6 nitrogen and oxygen atoms in total. The van der Waals surface area contributed by atoms with Crippen molar-refractivity contribution in [3.63, 3.8) is 0 Å². The normalized spacial score (nSPS) is 10.8. The molecule has 84 valence electrons. The Morgan fingerprint density at radius 2 is 2.06 bits per heavy atom. The molecular formula is C10H6N4O2S. The number of rotatable bonds is 1. The molecule has 0 amide bonds. The van der Waals surface area contributed by atoms with E-state index in [0.717, 1.165) is 16.8 Å². The SMILES string of the molecule is [O-][n+]1cn[n+]([O-])c2cc(-c3cncs3)ccc21. The van der Waals surface area contributed by atoms with Crippen LogP contribution in [0.4, 0.5) is 0 Å². The highest BCUT2D eigenvalue weighted by Crippen LogP contribution is 2.24. The number of thiazole rings is 1. The Kier molecular flexibility index (Phi) is 2.12. The standard InChI is InChI=1S/C10H6N4O2S/c15-13-5-12-14(16)9-3-7(1-2-8(9)13)10-4-11-6-17-10/h1-6H. The van der Waals surface area contributed by atoms with Crippen molar-refractivity contribution in [1.29, 1.82) is 0 Å². The molecule has 3 aromatic rings. The second kappa shape index (κ2) is 3.63. The lowest BCUT2D eigenvalue weighted by atomic mass is 10.2. The van der Waals surface area contributed by atoms with Crippen molar-refractivity contribution in [2.24, 2.45) is 0 Å². The van der Waals surface area contributed by atoms with Gasteiger partial charge in [0.2, 0.25) is 10.6 Å². The van der Waals surface area contributed by atoms with Crippen molar-refractivity contribution >= 4 is 22.4 Å². The maximum atomic E-state index is 11.5. The van der Waals surface area contributed by atoms with E-state index in [9.17, 15) is 10.4 Å². The van der Waals surface area contributed by atoms with Gasteiger partial charge in [-0.3, -0.25) is 4.98 Å². The van der Waals surface area contributed by atoms with Gasteiger partial charge in [0.15, 0.2) is 0 Å². The van der Waals surface area contributed by atoms with E-state index in [2.05, 4.69) is 10.1 Å². The Hall–Kier alpha value is -2.28. The van der Waals surface area contributed by atoms with Gasteiger partial charge in [-0.1, -0.05) is 0 Å². The van der Waals surface area contributed by atoms with E-state index in [1.807, 2.05) is 0 Å². The number of nitrogens with zero attached hydrogens (tertiary/aromatic N) is 4. The largest absolute Gasteiger partial charge is 0.710 e. The minimum atomic E-state index is 0.244. The Morgan fingerprint density at radius 1 is 1.18 bits per heavy atom. The average Bonchev–Trinajstić information content (AvgIpc) is 2.87. The van der Waals surface area contributed by atoms with Gasteiger partial charge in [0, 0.05) is 17.8 Å². The zero-order valence-electron chi connectivity index (χ0n) is 8.48. The second-order valence-corrected chi connectivity index (χ2v) is 4.29. The van der Waals surface area contributed by atoms with Crippen molar-refractivity contribution in [3.05, 3.63) is 46.6 Å². The lowest BCUT2D eigenvalue weighted by Crippen LogP contribution is -2.40. The summed E-state index contributed by atoms with van der Waals surface area (Å²) in [5, 5.41) is 26.3. The summed E-state index contributed by atoms with van der Waals surface area (Å²) in [5.41, 5.74) is 3.09. The predicted octanol–water partition coefficient (Wildman–Crippen LogP) is 0.625. The van der Waals surface area contributed by atoms with Crippen LogP contribution in [0.15, 0.2) is 36.2 Å². The summed E-state index contributed by atoms with van der Waals surface area (Å²) in [7, 11) is 0. The smallest absolute Gasteiger partial charge is 0.365 e. The molecule has 0 aliphatic heterocycles. The molecule has 0 aliphatic carbocycles. The Morgan fingerprint density at radius 3 is 2.82 bits per heavy atom. The third-order valence-corrected chi connectivity index (χ3v) is 3.22. The van der Waals surface area contributed by atoms with Gasteiger partial charge in [-0.15, -0.1) is 11.3 Å². The Labute approximate surface area is 99.6 Å². The van der Waals surface area contributed by atoms with E-state index in [-0.39, 0.29) is 5.52 Å². The lowest BCUT2D eigenvalue weighted by molar-refractivity contribution is -0.680. The molecule has 0 saturated carbocycles. The molecule has 0 N–H and O–H groups in total. The molecule has 7 heteroatoms. The van der Waals surface area contributed by atoms with E-state index in [1.54, 1.807) is 29.9 Å². The molecule has 0 spiro atoms. The first-order chi connectivity index (χ1) is 8.25. The van der Waals surface area contributed by atoms with Crippen LogP contribution < -0.4 is 9.58 Å². The fourth-order valence-corrected chi connectivity index (χ4v) is 2.21. The predicted molar refractivity (Wildman–Crippen MR) is 60.8 cm³/mol.